The van der Waals surface area contributed by atoms with Crippen LogP contribution in [0.15, 0.2) is 35.3 Å². The molecule has 1 amide bonds. The van der Waals surface area contributed by atoms with Crippen molar-refractivity contribution in [3.8, 4) is 0 Å². The highest BCUT2D eigenvalue weighted by atomic mass is 16.2. The van der Waals surface area contributed by atoms with Gasteiger partial charge in [0.25, 0.3) is 0 Å². The van der Waals surface area contributed by atoms with Crippen LogP contribution in [0, 0.1) is 5.41 Å². The standard InChI is InChI=1S/C23H37N5O/c1-5-25-22(26-16-23(2,3)21(29)24-4)27-18-13-19-11-12-20(14-18)28(19)15-17-9-7-6-8-10-17/h6-10,18-20H,5,11-16H2,1-4H3,(H,24,29)(H2,25,26,27). The van der Waals surface area contributed by atoms with Crippen LogP contribution in [0.4, 0.5) is 0 Å². The van der Waals surface area contributed by atoms with E-state index in [2.05, 4.69) is 58.1 Å². The molecule has 2 heterocycles. The largest absolute Gasteiger partial charge is 0.359 e. The minimum absolute atomic E-state index is 0.0179. The molecule has 2 bridgehead atoms. The predicted molar refractivity (Wildman–Crippen MR) is 119 cm³/mol. The lowest BCUT2D eigenvalue weighted by Crippen LogP contribution is -2.52. The summed E-state index contributed by atoms with van der Waals surface area (Å²) in [6.45, 7) is 8.26. The van der Waals surface area contributed by atoms with Gasteiger partial charge in [-0.3, -0.25) is 14.7 Å². The number of piperidine rings is 1. The van der Waals surface area contributed by atoms with Crippen LogP contribution in [-0.4, -0.2) is 55.0 Å². The Morgan fingerprint density at radius 2 is 1.83 bits per heavy atom. The average Bonchev–Trinajstić information content (AvgIpc) is 2.94. The van der Waals surface area contributed by atoms with Gasteiger partial charge in [0.1, 0.15) is 0 Å². The SMILES string of the molecule is CCNC(=NCC(C)(C)C(=O)NC)NC1CC2CCC(C1)N2Cc1ccccc1. The second-order valence-corrected chi connectivity index (χ2v) is 9.01. The number of carbonyl (C=O) groups is 1. The number of carbonyl (C=O) groups excluding carboxylic acids is 1. The summed E-state index contributed by atoms with van der Waals surface area (Å²) in [6, 6.07) is 12.5. The van der Waals surface area contributed by atoms with Crippen LogP contribution < -0.4 is 16.0 Å². The number of amides is 1. The van der Waals surface area contributed by atoms with Crippen LogP contribution in [0.1, 0.15) is 52.0 Å². The summed E-state index contributed by atoms with van der Waals surface area (Å²) in [5, 5.41) is 9.74. The van der Waals surface area contributed by atoms with Crippen molar-refractivity contribution in [2.45, 2.75) is 71.1 Å². The molecule has 6 heteroatoms. The molecule has 1 aromatic carbocycles. The van der Waals surface area contributed by atoms with Crippen LogP contribution in [0.2, 0.25) is 0 Å². The molecule has 3 N–H and O–H groups in total. The van der Waals surface area contributed by atoms with E-state index in [1.54, 1.807) is 7.05 Å². The third-order valence-corrected chi connectivity index (χ3v) is 6.25. The second kappa shape index (κ2) is 9.61. The quantitative estimate of drug-likeness (QED) is 0.487. The maximum atomic E-state index is 12.0. The molecule has 0 aliphatic carbocycles. The van der Waals surface area contributed by atoms with Gasteiger partial charge in [0.2, 0.25) is 5.91 Å². The third-order valence-electron chi connectivity index (χ3n) is 6.25. The highest BCUT2D eigenvalue weighted by Crippen LogP contribution is 2.36. The van der Waals surface area contributed by atoms with Crippen LogP contribution in [0.5, 0.6) is 0 Å². The lowest BCUT2D eigenvalue weighted by atomic mass is 9.93. The maximum Gasteiger partial charge on any atom is 0.227 e. The van der Waals surface area contributed by atoms with E-state index >= 15 is 0 Å². The van der Waals surface area contributed by atoms with E-state index in [4.69, 9.17) is 4.99 Å². The Labute approximate surface area is 175 Å². The second-order valence-electron chi connectivity index (χ2n) is 9.01. The zero-order valence-electron chi connectivity index (χ0n) is 18.4. The van der Waals surface area contributed by atoms with Crippen LogP contribution in [-0.2, 0) is 11.3 Å². The fraction of sp³-hybridized carbons (Fsp3) is 0.652. The predicted octanol–water partition coefficient (Wildman–Crippen LogP) is 2.51. The Morgan fingerprint density at radius 3 is 2.41 bits per heavy atom. The summed E-state index contributed by atoms with van der Waals surface area (Å²) in [5.74, 6) is 0.842. The number of fused-ring (bicyclic) bond motifs is 2. The summed E-state index contributed by atoms with van der Waals surface area (Å²) in [4.78, 5) is 19.5. The van der Waals surface area contributed by atoms with Crippen molar-refractivity contribution >= 4 is 11.9 Å². The number of benzene rings is 1. The summed E-state index contributed by atoms with van der Waals surface area (Å²) >= 11 is 0. The van der Waals surface area contributed by atoms with Gasteiger partial charge < -0.3 is 16.0 Å². The Hall–Kier alpha value is -2.08. The zero-order chi connectivity index (χ0) is 20.9. The first-order valence-electron chi connectivity index (χ1n) is 11.0. The van der Waals surface area contributed by atoms with E-state index in [-0.39, 0.29) is 5.91 Å². The summed E-state index contributed by atoms with van der Waals surface area (Å²) in [6.07, 6.45) is 4.86. The van der Waals surface area contributed by atoms with E-state index in [0.29, 0.717) is 24.7 Å². The summed E-state index contributed by atoms with van der Waals surface area (Å²) in [7, 11) is 1.68. The molecule has 2 unspecified atom stereocenters. The number of hydrogen-bond donors (Lipinski definition) is 3. The molecule has 2 aliphatic rings. The molecular formula is C23H37N5O. The molecule has 160 valence electrons. The zero-order valence-corrected chi connectivity index (χ0v) is 18.4. The number of nitrogens with one attached hydrogen (secondary N) is 3. The van der Waals surface area contributed by atoms with Crippen LogP contribution >= 0.6 is 0 Å². The average molecular weight is 400 g/mol. The minimum Gasteiger partial charge on any atom is -0.359 e. The highest BCUT2D eigenvalue weighted by Gasteiger charge is 2.40. The maximum absolute atomic E-state index is 12.0. The molecule has 2 aliphatic heterocycles. The van der Waals surface area contributed by atoms with E-state index < -0.39 is 5.41 Å². The monoisotopic (exact) mass is 399 g/mol. The number of aliphatic imine (C=N–C) groups is 1. The molecule has 1 aromatic rings. The topological polar surface area (TPSA) is 68.8 Å². The van der Waals surface area contributed by atoms with Crippen molar-refractivity contribution in [1.29, 1.82) is 0 Å². The minimum atomic E-state index is -0.519. The van der Waals surface area contributed by atoms with E-state index in [1.165, 1.54) is 18.4 Å². The lowest BCUT2D eigenvalue weighted by Gasteiger charge is -2.39. The van der Waals surface area contributed by atoms with Gasteiger partial charge in [0.15, 0.2) is 5.96 Å². The molecule has 2 saturated heterocycles. The normalized spacial score (nSPS) is 25.0. The molecular weight excluding hydrogens is 362 g/mol. The molecule has 3 rings (SSSR count). The molecule has 6 nitrogen and oxygen atoms in total. The molecule has 0 aromatic heterocycles. The third kappa shape index (κ3) is 5.50. The van der Waals surface area contributed by atoms with Gasteiger partial charge in [0, 0.05) is 38.3 Å². The van der Waals surface area contributed by atoms with E-state index in [9.17, 15) is 4.79 Å². The van der Waals surface area contributed by atoms with Crippen molar-refractivity contribution in [3.63, 3.8) is 0 Å². The van der Waals surface area contributed by atoms with Gasteiger partial charge >= 0.3 is 0 Å². The number of nitrogens with zero attached hydrogens (tertiary/aromatic N) is 2. The summed E-state index contributed by atoms with van der Waals surface area (Å²) in [5.41, 5.74) is 0.886. The van der Waals surface area contributed by atoms with Gasteiger partial charge in [-0.2, -0.15) is 0 Å². The Balaban J connectivity index is 1.60. The highest BCUT2D eigenvalue weighted by molar-refractivity contribution is 5.83. The first-order valence-corrected chi connectivity index (χ1v) is 11.0. The smallest absolute Gasteiger partial charge is 0.227 e. The van der Waals surface area contributed by atoms with Crippen LogP contribution in [0.25, 0.3) is 0 Å². The van der Waals surface area contributed by atoms with E-state index in [0.717, 1.165) is 31.9 Å². The van der Waals surface area contributed by atoms with Gasteiger partial charge in [-0.25, -0.2) is 0 Å². The van der Waals surface area contributed by atoms with Gasteiger partial charge in [-0.05, 0) is 52.0 Å². The van der Waals surface area contributed by atoms with Crippen molar-refractivity contribution in [1.82, 2.24) is 20.9 Å². The first kappa shape index (κ1) is 21.6. The van der Waals surface area contributed by atoms with E-state index in [1.807, 2.05) is 13.8 Å². The van der Waals surface area contributed by atoms with Crippen molar-refractivity contribution in [3.05, 3.63) is 35.9 Å². The van der Waals surface area contributed by atoms with Gasteiger partial charge in [-0.15, -0.1) is 0 Å². The molecule has 2 fully saturated rings. The van der Waals surface area contributed by atoms with Crippen LogP contribution in [0.3, 0.4) is 0 Å². The molecule has 0 radical (unpaired) electrons. The Bertz CT molecular complexity index is 688. The van der Waals surface area contributed by atoms with Crippen molar-refractivity contribution in [2.24, 2.45) is 10.4 Å². The number of rotatable bonds is 7. The Morgan fingerprint density at radius 1 is 1.17 bits per heavy atom. The fourth-order valence-corrected chi connectivity index (χ4v) is 4.64. The molecule has 0 saturated carbocycles. The molecule has 2 atom stereocenters. The number of hydrogen-bond acceptors (Lipinski definition) is 3. The van der Waals surface area contributed by atoms with Crippen molar-refractivity contribution in [2.75, 3.05) is 20.1 Å². The lowest BCUT2D eigenvalue weighted by molar-refractivity contribution is -0.128. The molecule has 0 spiro atoms. The molecule has 29 heavy (non-hydrogen) atoms. The summed E-state index contributed by atoms with van der Waals surface area (Å²) < 4.78 is 0. The Kier molecular flexibility index (Phi) is 7.17. The number of guanidine groups is 1. The van der Waals surface area contributed by atoms with Gasteiger partial charge in [0.05, 0.1) is 12.0 Å². The fourth-order valence-electron chi connectivity index (χ4n) is 4.64. The van der Waals surface area contributed by atoms with Gasteiger partial charge in [-0.1, -0.05) is 30.3 Å². The van der Waals surface area contributed by atoms with Crippen molar-refractivity contribution < 1.29 is 4.79 Å². The first-order chi connectivity index (χ1) is 13.9.